The van der Waals surface area contributed by atoms with Gasteiger partial charge in [-0.1, -0.05) is 12.1 Å². The second-order valence-electron chi connectivity index (χ2n) is 9.17. The summed E-state index contributed by atoms with van der Waals surface area (Å²) in [6.07, 6.45) is 2.04. The highest BCUT2D eigenvalue weighted by atomic mass is 15.1. The molecule has 0 saturated carbocycles. The summed E-state index contributed by atoms with van der Waals surface area (Å²) >= 11 is 0. The Balaban J connectivity index is 2.06. The van der Waals surface area contributed by atoms with E-state index >= 15 is 0 Å². The van der Waals surface area contributed by atoms with Gasteiger partial charge in [-0.15, -0.1) is 0 Å². The van der Waals surface area contributed by atoms with Crippen LogP contribution in [0.2, 0.25) is 0 Å². The fourth-order valence-corrected chi connectivity index (χ4v) is 4.15. The van der Waals surface area contributed by atoms with E-state index in [9.17, 15) is 0 Å². The van der Waals surface area contributed by atoms with E-state index in [1.807, 2.05) is 31.7 Å². The van der Waals surface area contributed by atoms with Gasteiger partial charge in [0.15, 0.2) is 5.82 Å². The zero-order valence-corrected chi connectivity index (χ0v) is 21.5. The van der Waals surface area contributed by atoms with Crippen LogP contribution >= 0.6 is 0 Å². The van der Waals surface area contributed by atoms with E-state index in [1.54, 1.807) is 0 Å². The van der Waals surface area contributed by atoms with Crippen LogP contribution in [0.1, 0.15) is 69.9 Å². The molecular weight excluding hydrogens is 392 g/mol. The molecule has 3 aromatic rings. The fourth-order valence-electron chi connectivity index (χ4n) is 4.15. The molecule has 0 bridgehead atoms. The van der Waals surface area contributed by atoms with Crippen LogP contribution in [-0.2, 0) is 7.05 Å². The molecule has 0 aliphatic heterocycles. The van der Waals surface area contributed by atoms with Gasteiger partial charge in [-0.25, -0.2) is 9.98 Å². The van der Waals surface area contributed by atoms with Crippen LogP contribution in [0.5, 0.6) is 0 Å². The first-order valence-corrected chi connectivity index (χ1v) is 11.2. The molecule has 0 aliphatic carbocycles. The van der Waals surface area contributed by atoms with Crippen molar-refractivity contribution in [2.45, 2.75) is 69.2 Å². The standard InChI is InChI=1S/C28H36N4/c1-15-12-16(2)20(6)26(19(15)5)29-23(9)25-14-32(11)28(31-25)24(10)30-27-21(7)17(3)13-18(4)22(27)8/h12-14H,1-11H3/b29-23+,30-24+. The minimum Gasteiger partial charge on any atom is -0.332 e. The SMILES string of the molecule is C/C(=N\c1c(C)c(C)cc(C)c1C)c1cn(C)c(/C(C)=N/c2c(C)c(C)cc(C)c2C)n1. The first kappa shape index (κ1) is 23.6. The Morgan fingerprint density at radius 2 is 1.03 bits per heavy atom. The van der Waals surface area contributed by atoms with E-state index in [2.05, 4.69) is 67.5 Å². The van der Waals surface area contributed by atoms with Gasteiger partial charge in [0.2, 0.25) is 0 Å². The Kier molecular flexibility index (Phi) is 6.54. The molecule has 0 fully saturated rings. The quantitative estimate of drug-likeness (QED) is 0.406. The number of aliphatic imine (C=N–C) groups is 2. The van der Waals surface area contributed by atoms with Crippen LogP contribution in [0.3, 0.4) is 0 Å². The van der Waals surface area contributed by atoms with Gasteiger partial charge in [-0.05, 0) is 114 Å². The third-order valence-corrected chi connectivity index (χ3v) is 6.78. The Morgan fingerprint density at radius 3 is 1.44 bits per heavy atom. The summed E-state index contributed by atoms with van der Waals surface area (Å²) < 4.78 is 2.04. The molecule has 0 unspecified atom stereocenters. The minimum atomic E-state index is 0.862. The number of hydrogen-bond donors (Lipinski definition) is 0. The third kappa shape index (κ3) is 4.32. The molecular formula is C28H36N4. The Morgan fingerprint density at radius 1 is 0.656 bits per heavy atom. The van der Waals surface area contributed by atoms with Crippen molar-refractivity contribution in [1.29, 1.82) is 0 Å². The summed E-state index contributed by atoms with van der Waals surface area (Å²) in [5.74, 6) is 0.862. The maximum absolute atomic E-state index is 5.01. The van der Waals surface area contributed by atoms with Crippen molar-refractivity contribution < 1.29 is 0 Å². The van der Waals surface area contributed by atoms with E-state index in [1.165, 1.54) is 44.5 Å². The molecule has 0 atom stereocenters. The van der Waals surface area contributed by atoms with E-state index in [-0.39, 0.29) is 0 Å². The molecule has 1 heterocycles. The van der Waals surface area contributed by atoms with Gasteiger partial charge in [0.05, 0.1) is 22.8 Å². The lowest BCUT2D eigenvalue weighted by Crippen LogP contribution is -2.05. The van der Waals surface area contributed by atoms with Crippen molar-refractivity contribution in [3.63, 3.8) is 0 Å². The smallest absolute Gasteiger partial charge is 0.154 e. The third-order valence-electron chi connectivity index (χ3n) is 6.78. The molecule has 4 nitrogen and oxygen atoms in total. The van der Waals surface area contributed by atoms with Crippen molar-refractivity contribution in [2.75, 3.05) is 0 Å². The number of aromatic nitrogens is 2. The molecule has 32 heavy (non-hydrogen) atoms. The number of nitrogens with zero attached hydrogens (tertiary/aromatic N) is 4. The summed E-state index contributed by atoms with van der Waals surface area (Å²) in [6, 6.07) is 4.46. The highest BCUT2D eigenvalue weighted by Crippen LogP contribution is 2.31. The van der Waals surface area contributed by atoms with Crippen molar-refractivity contribution in [3.8, 4) is 0 Å². The van der Waals surface area contributed by atoms with Gasteiger partial charge in [-0.2, -0.15) is 0 Å². The van der Waals surface area contributed by atoms with Crippen molar-refractivity contribution in [3.05, 3.63) is 74.4 Å². The van der Waals surface area contributed by atoms with E-state index < -0.39 is 0 Å². The highest BCUT2D eigenvalue weighted by Gasteiger charge is 2.14. The first-order valence-electron chi connectivity index (χ1n) is 11.2. The number of imidazole rings is 1. The Labute approximate surface area is 193 Å². The summed E-state index contributed by atoms with van der Waals surface area (Å²) in [4.78, 5) is 14.9. The van der Waals surface area contributed by atoms with E-state index in [0.29, 0.717) is 0 Å². The molecule has 0 saturated heterocycles. The number of aryl methyl sites for hydroxylation is 5. The summed E-state index contributed by atoms with van der Waals surface area (Å²) in [7, 11) is 2.02. The average molecular weight is 429 g/mol. The molecule has 4 heteroatoms. The lowest BCUT2D eigenvalue weighted by atomic mass is 9.99. The lowest BCUT2D eigenvalue weighted by Gasteiger charge is -2.12. The summed E-state index contributed by atoms with van der Waals surface area (Å²) in [5, 5.41) is 0. The predicted octanol–water partition coefficient (Wildman–Crippen LogP) is 7.17. The maximum Gasteiger partial charge on any atom is 0.154 e. The van der Waals surface area contributed by atoms with Crippen LogP contribution < -0.4 is 0 Å². The van der Waals surface area contributed by atoms with Gasteiger partial charge in [0.1, 0.15) is 5.69 Å². The normalized spacial score (nSPS) is 12.6. The fraction of sp³-hybridized carbons (Fsp3) is 0.393. The van der Waals surface area contributed by atoms with Crippen LogP contribution in [0.15, 0.2) is 28.3 Å². The molecule has 0 spiro atoms. The van der Waals surface area contributed by atoms with Gasteiger partial charge >= 0.3 is 0 Å². The number of hydrogen-bond acceptors (Lipinski definition) is 3. The van der Waals surface area contributed by atoms with Crippen molar-refractivity contribution in [1.82, 2.24) is 9.55 Å². The molecule has 3 rings (SSSR count). The summed E-state index contributed by atoms with van der Waals surface area (Å²) in [5.41, 5.74) is 14.8. The van der Waals surface area contributed by atoms with Crippen LogP contribution in [0, 0.1) is 55.4 Å². The topological polar surface area (TPSA) is 42.5 Å². The highest BCUT2D eigenvalue weighted by molar-refractivity contribution is 6.02. The maximum atomic E-state index is 5.01. The van der Waals surface area contributed by atoms with E-state index in [4.69, 9.17) is 15.0 Å². The van der Waals surface area contributed by atoms with E-state index in [0.717, 1.165) is 34.3 Å². The molecule has 0 radical (unpaired) electrons. The molecule has 2 aromatic carbocycles. The number of rotatable bonds is 4. The van der Waals surface area contributed by atoms with Gasteiger partial charge in [0.25, 0.3) is 0 Å². The minimum absolute atomic E-state index is 0.862. The second-order valence-corrected chi connectivity index (χ2v) is 9.17. The van der Waals surface area contributed by atoms with Gasteiger partial charge in [-0.3, -0.25) is 4.99 Å². The second kappa shape index (κ2) is 8.85. The molecule has 0 N–H and O–H groups in total. The van der Waals surface area contributed by atoms with Crippen molar-refractivity contribution in [2.24, 2.45) is 17.0 Å². The summed E-state index contributed by atoms with van der Waals surface area (Å²) in [6.45, 7) is 21.2. The Bertz CT molecular complexity index is 1220. The number of benzene rings is 2. The monoisotopic (exact) mass is 428 g/mol. The first-order chi connectivity index (χ1) is 14.9. The average Bonchev–Trinajstić information content (AvgIpc) is 3.13. The zero-order valence-electron chi connectivity index (χ0n) is 21.5. The molecule has 0 aliphatic rings. The van der Waals surface area contributed by atoms with Crippen molar-refractivity contribution >= 4 is 22.8 Å². The van der Waals surface area contributed by atoms with Crippen LogP contribution in [0.4, 0.5) is 11.4 Å². The Hall–Kier alpha value is -3.01. The van der Waals surface area contributed by atoms with Gasteiger partial charge < -0.3 is 4.57 Å². The molecule has 0 amide bonds. The van der Waals surface area contributed by atoms with Crippen LogP contribution in [0.25, 0.3) is 0 Å². The predicted molar refractivity (Wildman–Crippen MR) is 138 cm³/mol. The van der Waals surface area contributed by atoms with Crippen LogP contribution in [-0.4, -0.2) is 21.0 Å². The lowest BCUT2D eigenvalue weighted by molar-refractivity contribution is 0.896. The molecule has 168 valence electrons. The van der Waals surface area contributed by atoms with Gasteiger partial charge in [0, 0.05) is 13.2 Å². The zero-order chi connectivity index (χ0) is 23.9. The largest absolute Gasteiger partial charge is 0.332 e. The molecule has 1 aromatic heterocycles.